The Morgan fingerprint density at radius 2 is 1.92 bits per heavy atom. The number of aromatic nitrogens is 1. The third-order valence-electron chi connectivity index (χ3n) is 3.76. The Bertz CT molecular complexity index is 977. The fourth-order valence-electron chi connectivity index (χ4n) is 2.57. The van der Waals surface area contributed by atoms with Crippen molar-refractivity contribution >= 4 is 44.8 Å². The number of hydrogen-bond acceptors (Lipinski definition) is 3. The van der Waals surface area contributed by atoms with Crippen LogP contribution in [0.1, 0.15) is 22.8 Å². The molecule has 1 heterocycles. The zero-order valence-corrected chi connectivity index (χ0v) is 15.7. The van der Waals surface area contributed by atoms with Crippen LogP contribution in [0.15, 0.2) is 64.9 Å². The van der Waals surface area contributed by atoms with Gasteiger partial charge in [0, 0.05) is 32.7 Å². The van der Waals surface area contributed by atoms with Crippen LogP contribution in [0, 0.1) is 0 Å². The lowest BCUT2D eigenvalue weighted by Crippen LogP contribution is -2.28. The van der Waals surface area contributed by atoms with Gasteiger partial charge in [0.25, 0.3) is 5.91 Å². The van der Waals surface area contributed by atoms with E-state index in [0.717, 1.165) is 20.9 Å². The maximum Gasteiger partial charge on any atom is 0.354 e. The van der Waals surface area contributed by atoms with E-state index in [9.17, 15) is 9.59 Å². The van der Waals surface area contributed by atoms with Crippen molar-refractivity contribution in [2.45, 2.75) is 6.92 Å². The Morgan fingerprint density at radius 3 is 2.65 bits per heavy atom. The Hall–Kier alpha value is -2.86. The van der Waals surface area contributed by atoms with Crippen LogP contribution in [0.2, 0.25) is 0 Å². The number of rotatable bonds is 5. The minimum Gasteiger partial charge on any atom is -0.461 e. The summed E-state index contributed by atoms with van der Waals surface area (Å²) < 4.78 is 5.98. The highest BCUT2D eigenvalue weighted by Gasteiger charge is 2.17. The van der Waals surface area contributed by atoms with E-state index in [0.29, 0.717) is 5.56 Å². The molecule has 0 atom stereocenters. The highest BCUT2D eigenvalue weighted by Crippen LogP contribution is 2.28. The van der Waals surface area contributed by atoms with Crippen LogP contribution in [-0.4, -0.2) is 23.5 Å². The summed E-state index contributed by atoms with van der Waals surface area (Å²) in [7, 11) is 0. The van der Waals surface area contributed by atoms with Crippen molar-refractivity contribution in [1.29, 1.82) is 0 Å². The second-order valence-electron chi connectivity index (χ2n) is 5.51. The average molecular weight is 413 g/mol. The number of H-pyrrole nitrogens is 1. The number of aromatic amines is 1. The fourth-order valence-corrected chi connectivity index (χ4v) is 3.17. The van der Waals surface area contributed by atoms with Crippen LogP contribution in [-0.2, 0) is 9.53 Å². The molecule has 0 saturated heterocycles. The fraction of sp³-hybridized carbons (Fsp3) is 0.100. The van der Waals surface area contributed by atoms with Crippen LogP contribution in [0.4, 0.5) is 0 Å². The van der Waals surface area contributed by atoms with Crippen LogP contribution in [0.3, 0.4) is 0 Å². The number of fused-ring (bicyclic) bond motifs is 1. The molecule has 5 nitrogen and oxygen atoms in total. The average Bonchev–Trinajstić information content (AvgIpc) is 3.06. The maximum absolute atomic E-state index is 12.4. The second-order valence-corrected chi connectivity index (χ2v) is 6.36. The monoisotopic (exact) mass is 412 g/mol. The van der Waals surface area contributed by atoms with E-state index >= 15 is 0 Å². The van der Waals surface area contributed by atoms with Crippen LogP contribution < -0.4 is 5.32 Å². The molecule has 2 N–H and O–H groups in total. The molecule has 26 heavy (non-hydrogen) atoms. The van der Waals surface area contributed by atoms with Gasteiger partial charge in [0.15, 0.2) is 0 Å². The first-order chi connectivity index (χ1) is 12.6. The largest absolute Gasteiger partial charge is 0.461 e. The Morgan fingerprint density at radius 1 is 1.15 bits per heavy atom. The zero-order valence-electron chi connectivity index (χ0n) is 14.1. The van der Waals surface area contributed by atoms with Crippen molar-refractivity contribution in [2.75, 3.05) is 6.61 Å². The number of halogens is 1. The van der Waals surface area contributed by atoms with Gasteiger partial charge in [-0.25, -0.2) is 4.79 Å². The first kappa shape index (κ1) is 17.9. The van der Waals surface area contributed by atoms with E-state index < -0.39 is 5.97 Å². The number of carbonyl (C=O) groups is 2. The van der Waals surface area contributed by atoms with Crippen LogP contribution in [0.25, 0.3) is 17.0 Å². The summed E-state index contributed by atoms with van der Waals surface area (Å²) in [5.74, 6) is -0.956. The van der Waals surface area contributed by atoms with Crippen molar-refractivity contribution in [2.24, 2.45) is 0 Å². The number of hydrogen-bond donors (Lipinski definition) is 2. The highest BCUT2D eigenvalue weighted by molar-refractivity contribution is 9.10. The molecule has 0 spiro atoms. The molecule has 1 aromatic heterocycles. The molecule has 6 heteroatoms. The zero-order chi connectivity index (χ0) is 18.5. The number of amides is 1. The van der Waals surface area contributed by atoms with Crippen molar-refractivity contribution < 1.29 is 14.3 Å². The van der Waals surface area contributed by atoms with Crippen molar-refractivity contribution in [3.05, 3.63) is 76.0 Å². The molecule has 0 aliphatic rings. The lowest BCUT2D eigenvalue weighted by molar-refractivity contribution is -0.138. The van der Waals surface area contributed by atoms with E-state index in [-0.39, 0.29) is 18.2 Å². The summed E-state index contributed by atoms with van der Waals surface area (Å²) in [5.41, 5.74) is 2.23. The first-order valence-electron chi connectivity index (χ1n) is 8.11. The molecular weight excluding hydrogens is 396 g/mol. The van der Waals surface area contributed by atoms with Gasteiger partial charge < -0.3 is 15.0 Å². The molecule has 0 unspecified atom stereocenters. The summed E-state index contributed by atoms with van der Waals surface area (Å²) in [6.07, 6.45) is 3.39. The molecule has 0 bridgehead atoms. The van der Waals surface area contributed by atoms with E-state index in [4.69, 9.17) is 4.74 Å². The lowest BCUT2D eigenvalue weighted by atomic mass is 10.1. The van der Waals surface area contributed by atoms with Crippen molar-refractivity contribution in [1.82, 2.24) is 10.3 Å². The number of esters is 1. The predicted octanol–water partition coefficient (Wildman–Crippen LogP) is 4.26. The van der Waals surface area contributed by atoms with E-state index in [2.05, 4.69) is 26.2 Å². The maximum atomic E-state index is 12.4. The quantitative estimate of drug-likeness (QED) is 0.485. The normalized spacial score (nSPS) is 11.4. The molecule has 0 fully saturated rings. The summed E-state index contributed by atoms with van der Waals surface area (Å²) >= 11 is 3.52. The Balaban J connectivity index is 1.99. The van der Waals surface area contributed by atoms with Gasteiger partial charge in [-0.2, -0.15) is 0 Å². The van der Waals surface area contributed by atoms with Crippen LogP contribution in [0.5, 0.6) is 0 Å². The molecule has 3 rings (SSSR count). The van der Waals surface area contributed by atoms with Gasteiger partial charge in [-0.1, -0.05) is 40.2 Å². The van der Waals surface area contributed by atoms with Gasteiger partial charge in [-0.05, 0) is 37.3 Å². The standard InChI is InChI=1S/C20H17BrN2O3/c1-2-26-20(25)17(23-19(24)13-7-4-3-5-8-13)11-14-12-22-16-10-6-9-15(21)18(14)16/h3-12,22H,2H2,1H3,(H,23,24). The number of benzene rings is 2. The minimum atomic E-state index is -0.585. The molecule has 1 amide bonds. The summed E-state index contributed by atoms with van der Waals surface area (Å²) in [4.78, 5) is 27.9. The molecule has 0 aliphatic carbocycles. The third kappa shape index (κ3) is 3.86. The van der Waals surface area contributed by atoms with E-state index in [1.807, 2.05) is 24.3 Å². The van der Waals surface area contributed by atoms with Gasteiger partial charge >= 0.3 is 5.97 Å². The number of carbonyl (C=O) groups excluding carboxylic acids is 2. The first-order valence-corrected chi connectivity index (χ1v) is 8.90. The molecule has 0 aliphatic heterocycles. The Labute approximate surface area is 159 Å². The van der Waals surface area contributed by atoms with Crippen LogP contribution >= 0.6 is 15.9 Å². The summed E-state index contributed by atoms with van der Waals surface area (Å²) in [6, 6.07) is 14.5. The molecule has 132 valence electrons. The van der Waals surface area contributed by atoms with Crippen molar-refractivity contribution in [3.63, 3.8) is 0 Å². The second kappa shape index (κ2) is 8.01. The molecule has 0 saturated carbocycles. The smallest absolute Gasteiger partial charge is 0.354 e. The highest BCUT2D eigenvalue weighted by atomic mass is 79.9. The van der Waals surface area contributed by atoms with Crippen molar-refractivity contribution in [3.8, 4) is 0 Å². The summed E-state index contributed by atoms with van der Waals surface area (Å²) in [6.45, 7) is 1.94. The van der Waals surface area contributed by atoms with Gasteiger partial charge in [-0.15, -0.1) is 0 Å². The van der Waals surface area contributed by atoms with E-state index in [1.165, 1.54) is 0 Å². The van der Waals surface area contributed by atoms with Gasteiger partial charge in [0.1, 0.15) is 5.70 Å². The van der Waals surface area contributed by atoms with Gasteiger partial charge in [0.05, 0.1) is 6.61 Å². The molecule has 0 radical (unpaired) electrons. The molecular formula is C20H17BrN2O3. The predicted molar refractivity (Wildman–Crippen MR) is 105 cm³/mol. The number of ether oxygens (including phenoxy) is 1. The Kier molecular flexibility index (Phi) is 5.53. The minimum absolute atomic E-state index is 0.0809. The molecule has 2 aromatic carbocycles. The summed E-state index contributed by atoms with van der Waals surface area (Å²) in [5, 5.41) is 3.58. The third-order valence-corrected chi connectivity index (χ3v) is 4.43. The molecule has 3 aromatic rings. The van der Waals surface area contributed by atoms with E-state index in [1.54, 1.807) is 43.5 Å². The lowest BCUT2D eigenvalue weighted by Gasteiger charge is -2.09. The number of nitrogens with one attached hydrogen (secondary N) is 2. The topological polar surface area (TPSA) is 71.2 Å². The van der Waals surface area contributed by atoms with Gasteiger partial charge in [0.2, 0.25) is 0 Å². The van der Waals surface area contributed by atoms with Gasteiger partial charge in [-0.3, -0.25) is 4.79 Å². The SMILES string of the molecule is CCOC(=O)C(=Cc1c[nH]c2cccc(Br)c12)NC(=O)c1ccccc1.